The zero-order valence-electron chi connectivity index (χ0n) is 21.4. The van der Waals surface area contributed by atoms with Crippen LogP contribution in [0.1, 0.15) is 90.9 Å². The van der Waals surface area contributed by atoms with Crippen molar-refractivity contribution in [1.29, 1.82) is 0 Å². The van der Waals surface area contributed by atoms with Crippen molar-refractivity contribution in [1.82, 2.24) is 16.0 Å². The number of hydrogen-bond acceptors (Lipinski definition) is 6. The van der Waals surface area contributed by atoms with Gasteiger partial charge in [0.1, 0.15) is 6.04 Å². The standard InChI is InChI=1S/C26H47N3O5/c1-3-5-6-7-9-14-19-33-23(4-2)26(32)34-20-15-10-8-12-17-27-18-13-11-16-22-25(31)28-21-24(30)29-22/h5-6,22-23,27H,3-4,7-21H2,1-2H3,(H,28,31)(H,29,30)/b6-5-. The molecule has 1 heterocycles. The molecule has 0 aliphatic carbocycles. The van der Waals surface area contributed by atoms with Gasteiger partial charge in [-0.15, -0.1) is 0 Å². The predicted molar refractivity (Wildman–Crippen MR) is 134 cm³/mol. The molecule has 2 unspecified atom stereocenters. The number of ether oxygens (including phenoxy) is 2. The van der Waals surface area contributed by atoms with E-state index in [0.29, 0.717) is 26.1 Å². The Kier molecular flexibility index (Phi) is 18.1. The van der Waals surface area contributed by atoms with Gasteiger partial charge in [-0.3, -0.25) is 9.59 Å². The van der Waals surface area contributed by atoms with Crippen molar-refractivity contribution in [3.63, 3.8) is 0 Å². The summed E-state index contributed by atoms with van der Waals surface area (Å²) in [5, 5.41) is 8.75. The van der Waals surface area contributed by atoms with Gasteiger partial charge in [0.15, 0.2) is 6.10 Å². The van der Waals surface area contributed by atoms with Gasteiger partial charge in [-0.1, -0.05) is 38.8 Å². The third kappa shape index (κ3) is 15.1. The first-order valence-electron chi connectivity index (χ1n) is 13.3. The lowest BCUT2D eigenvalue weighted by Gasteiger charge is -2.22. The second-order valence-electron chi connectivity index (χ2n) is 8.81. The first-order valence-corrected chi connectivity index (χ1v) is 13.3. The van der Waals surface area contributed by atoms with Gasteiger partial charge < -0.3 is 25.4 Å². The van der Waals surface area contributed by atoms with Gasteiger partial charge in [-0.05, 0) is 77.3 Å². The second kappa shape index (κ2) is 20.4. The molecule has 8 nitrogen and oxygen atoms in total. The number of esters is 1. The van der Waals surface area contributed by atoms with Crippen molar-refractivity contribution < 1.29 is 23.9 Å². The number of carbonyl (C=O) groups is 3. The third-order valence-electron chi connectivity index (χ3n) is 5.78. The van der Waals surface area contributed by atoms with Crippen LogP contribution in [0.2, 0.25) is 0 Å². The highest BCUT2D eigenvalue weighted by Gasteiger charge is 2.24. The van der Waals surface area contributed by atoms with E-state index in [-0.39, 0.29) is 30.4 Å². The SMILES string of the molecule is CC/C=C\CCCCOC(CC)C(=O)OCCCCCCNCCCCC1NC(=O)CNC1=O. The molecule has 1 fully saturated rings. The molecule has 2 amide bonds. The molecular formula is C26H47N3O5. The summed E-state index contributed by atoms with van der Waals surface area (Å²) in [6, 6.07) is -0.382. The summed E-state index contributed by atoms with van der Waals surface area (Å²) in [4.78, 5) is 35.1. The topological polar surface area (TPSA) is 106 Å². The number of carbonyl (C=O) groups excluding carboxylic acids is 3. The fourth-order valence-corrected chi connectivity index (χ4v) is 3.73. The summed E-state index contributed by atoms with van der Waals surface area (Å²) >= 11 is 0. The lowest BCUT2D eigenvalue weighted by Crippen LogP contribution is -2.56. The van der Waals surface area contributed by atoms with Crippen molar-refractivity contribution >= 4 is 17.8 Å². The van der Waals surface area contributed by atoms with Crippen molar-refractivity contribution in [2.24, 2.45) is 0 Å². The summed E-state index contributed by atoms with van der Waals surface area (Å²) in [6.45, 7) is 7.10. The summed E-state index contributed by atoms with van der Waals surface area (Å²) < 4.78 is 11.1. The van der Waals surface area contributed by atoms with E-state index >= 15 is 0 Å². The molecule has 0 aromatic carbocycles. The van der Waals surface area contributed by atoms with Crippen molar-refractivity contribution in [2.75, 3.05) is 32.8 Å². The molecule has 0 saturated carbocycles. The molecule has 1 aliphatic heterocycles. The molecule has 2 atom stereocenters. The fraction of sp³-hybridized carbons (Fsp3) is 0.808. The molecule has 0 aromatic heterocycles. The Bertz CT molecular complexity index is 597. The molecule has 1 saturated heterocycles. The molecule has 8 heteroatoms. The molecule has 34 heavy (non-hydrogen) atoms. The Morgan fingerprint density at radius 2 is 1.74 bits per heavy atom. The Hall–Kier alpha value is -1.93. The number of nitrogens with one attached hydrogen (secondary N) is 3. The highest BCUT2D eigenvalue weighted by atomic mass is 16.6. The van der Waals surface area contributed by atoms with Crippen LogP contribution in [-0.2, 0) is 23.9 Å². The van der Waals surface area contributed by atoms with E-state index in [1.54, 1.807) is 0 Å². The van der Waals surface area contributed by atoms with E-state index in [1.165, 1.54) is 0 Å². The first-order chi connectivity index (χ1) is 16.6. The minimum Gasteiger partial charge on any atom is -0.464 e. The Morgan fingerprint density at radius 3 is 2.50 bits per heavy atom. The van der Waals surface area contributed by atoms with E-state index in [2.05, 4.69) is 35.0 Å². The Morgan fingerprint density at radius 1 is 1.00 bits per heavy atom. The average Bonchev–Trinajstić information content (AvgIpc) is 2.83. The van der Waals surface area contributed by atoms with E-state index in [1.807, 2.05) is 6.92 Å². The van der Waals surface area contributed by atoms with Gasteiger partial charge in [-0.2, -0.15) is 0 Å². The summed E-state index contributed by atoms with van der Waals surface area (Å²) in [5.74, 6) is -0.431. The molecule has 3 N–H and O–H groups in total. The quantitative estimate of drug-likeness (QED) is 0.132. The van der Waals surface area contributed by atoms with E-state index in [4.69, 9.17) is 9.47 Å². The van der Waals surface area contributed by atoms with Gasteiger partial charge in [0.2, 0.25) is 11.8 Å². The minimum atomic E-state index is -0.445. The van der Waals surface area contributed by atoms with Crippen LogP contribution in [0.4, 0.5) is 0 Å². The van der Waals surface area contributed by atoms with Gasteiger partial charge in [0, 0.05) is 6.61 Å². The predicted octanol–water partition coefficient (Wildman–Crippen LogP) is 3.40. The second-order valence-corrected chi connectivity index (χ2v) is 8.81. The molecule has 0 radical (unpaired) electrons. The number of allylic oxidation sites excluding steroid dienone is 2. The number of piperazine rings is 1. The number of unbranched alkanes of at least 4 members (excludes halogenated alkanes) is 6. The summed E-state index contributed by atoms with van der Waals surface area (Å²) in [6.07, 6.45) is 15.4. The monoisotopic (exact) mass is 481 g/mol. The maximum absolute atomic E-state index is 12.2. The molecule has 0 aromatic rings. The average molecular weight is 482 g/mol. The van der Waals surface area contributed by atoms with E-state index in [0.717, 1.165) is 77.3 Å². The summed E-state index contributed by atoms with van der Waals surface area (Å²) in [7, 11) is 0. The van der Waals surface area contributed by atoms with E-state index in [9.17, 15) is 14.4 Å². The highest BCUT2D eigenvalue weighted by Crippen LogP contribution is 2.07. The molecule has 1 rings (SSSR count). The third-order valence-corrected chi connectivity index (χ3v) is 5.78. The zero-order chi connectivity index (χ0) is 24.9. The van der Waals surface area contributed by atoms with Crippen LogP contribution in [0, 0.1) is 0 Å². The zero-order valence-corrected chi connectivity index (χ0v) is 21.4. The first kappa shape index (κ1) is 30.1. The molecule has 0 spiro atoms. The molecule has 0 bridgehead atoms. The number of rotatable bonds is 21. The van der Waals surface area contributed by atoms with Crippen LogP contribution in [0.3, 0.4) is 0 Å². The normalized spacial score (nSPS) is 16.9. The fourth-order valence-electron chi connectivity index (χ4n) is 3.73. The van der Waals surface area contributed by atoms with Crippen LogP contribution in [0.15, 0.2) is 12.2 Å². The van der Waals surface area contributed by atoms with Crippen LogP contribution in [0.5, 0.6) is 0 Å². The lowest BCUT2D eigenvalue weighted by molar-refractivity contribution is -0.157. The highest BCUT2D eigenvalue weighted by molar-refractivity contribution is 5.94. The van der Waals surface area contributed by atoms with Crippen molar-refractivity contribution in [3.05, 3.63) is 12.2 Å². The Balaban J connectivity index is 1.90. The Labute approximate surface area is 206 Å². The van der Waals surface area contributed by atoms with Crippen LogP contribution >= 0.6 is 0 Å². The van der Waals surface area contributed by atoms with E-state index < -0.39 is 6.10 Å². The van der Waals surface area contributed by atoms with Crippen molar-refractivity contribution in [3.8, 4) is 0 Å². The van der Waals surface area contributed by atoms with Crippen LogP contribution in [0.25, 0.3) is 0 Å². The van der Waals surface area contributed by atoms with Gasteiger partial charge >= 0.3 is 5.97 Å². The smallest absolute Gasteiger partial charge is 0.335 e. The van der Waals surface area contributed by atoms with Crippen LogP contribution in [-0.4, -0.2) is 62.8 Å². The molecule has 1 aliphatic rings. The van der Waals surface area contributed by atoms with Crippen LogP contribution < -0.4 is 16.0 Å². The van der Waals surface area contributed by atoms with Gasteiger partial charge in [-0.25, -0.2) is 4.79 Å². The lowest BCUT2D eigenvalue weighted by atomic mass is 10.1. The van der Waals surface area contributed by atoms with Crippen molar-refractivity contribution in [2.45, 2.75) is 103 Å². The summed E-state index contributed by atoms with van der Waals surface area (Å²) in [5.41, 5.74) is 0. The maximum atomic E-state index is 12.2. The maximum Gasteiger partial charge on any atom is 0.335 e. The number of amides is 2. The van der Waals surface area contributed by atoms with Gasteiger partial charge in [0.05, 0.1) is 13.2 Å². The number of hydrogen-bond donors (Lipinski definition) is 3. The molecular weight excluding hydrogens is 434 g/mol. The molecule has 196 valence electrons. The van der Waals surface area contributed by atoms with Gasteiger partial charge in [0.25, 0.3) is 0 Å². The largest absolute Gasteiger partial charge is 0.464 e. The minimum absolute atomic E-state index is 0.0815.